The van der Waals surface area contributed by atoms with Crippen LogP contribution in [0, 0.1) is 0 Å². The van der Waals surface area contributed by atoms with Gasteiger partial charge in [0.2, 0.25) is 0 Å². The first kappa shape index (κ1) is 22.0. The Morgan fingerprint density at radius 1 is 1.14 bits per heavy atom. The first-order valence-electron chi connectivity index (χ1n) is 8.06. The highest BCUT2D eigenvalue weighted by atomic mass is 35.5. The number of halogens is 4. The zero-order chi connectivity index (χ0) is 21.1. The summed E-state index contributed by atoms with van der Waals surface area (Å²) in [6, 6.07) is 6.37. The molecule has 0 aliphatic heterocycles. The lowest BCUT2D eigenvalue weighted by Crippen LogP contribution is -2.07. The minimum absolute atomic E-state index is 0.0394. The third-order valence-corrected chi connectivity index (χ3v) is 5.89. The van der Waals surface area contributed by atoms with Crippen LogP contribution >= 0.6 is 11.6 Å². The number of sulfone groups is 1. The summed E-state index contributed by atoms with van der Waals surface area (Å²) in [5.41, 5.74) is -0.723. The molecule has 0 spiro atoms. The molecule has 0 heterocycles. The lowest BCUT2D eigenvalue weighted by Gasteiger charge is -2.15. The maximum Gasteiger partial charge on any atom is 0.416 e. The van der Waals surface area contributed by atoms with E-state index in [1.165, 1.54) is 19.1 Å². The number of benzene rings is 2. The number of hydrogen-bond donors (Lipinski definition) is 1. The van der Waals surface area contributed by atoms with E-state index >= 15 is 0 Å². The standard InChI is InChI=1S/C18H16ClF3O5S/c1-2-28(25,26)13-6-7-15(14(19)10-13)27-16-9-12(18(20,21)22)5-3-11(16)4-8-17(23)24/h3,5-7,9-10H,2,4,8H2,1H3,(H,23,24). The molecular formula is C18H16ClF3O5S. The molecule has 2 aromatic carbocycles. The molecule has 152 valence electrons. The van der Waals surface area contributed by atoms with Gasteiger partial charge in [-0.15, -0.1) is 0 Å². The molecule has 1 N–H and O–H groups in total. The molecule has 2 rings (SSSR count). The fraction of sp³-hybridized carbons (Fsp3) is 0.278. The maximum atomic E-state index is 13.0. The summed E-state index contributed by atoms with van der Waals surface area (Å²) in [5.74, 6) is -1.51. The summed E-state index contributed by atoms with van der Waals surface area (Å²) in [4.78, 5) is 10.7. The highest BCUT2D eigenvalue weighted by Gasteiger charge is 2.31. The van der Waals surface area contributed by atoms with E-state index in [9.17, 15) is 26.4 Å². The number of aryl methyl sites for hydroxylation is 1. The first-order valence-corrected chi connectivity index (χ1v) is 10.1. The van der Waals surface area contributed by atoms with Crippen molar-refractivity contribution in [2.24, 2.45) is 0 Å². The summed E-state index contributed by atoms with van der Waals surface area (Å²) in [6.45, 7) is 1.46. The summed E-state index contributed by atoms with van der Waals surface area (Å²) >= 11 is 6.05. The van der Waals surface area contributed by atoms with E-state index < -0.39 is 27.5 Å². The van der Waals surface area contributed by atoms with Gasteiger partial charge in [0.25, 0.3) is 0 Å². The molecule has 0 saturated heterocycles. The lowest BCUT2D eigenvalue weighted by atomic mass is 10.1. The van der Waals surface area contributed by atoms with Crippen molar-refractivity contribution in [3.8, 4) is 11.5 Å². The van der Waals surface area contributed by atoms with Crippen LogP contribution in [0.4, 0.5) is 13.2 Å². The Morgan fingerprint density at radius 2 is 1.82 bits per heavy atom. The van der Waals surface area contributed by atoms with Gasteiger partial charge in [-0.1, -0.05) is 24.6 Å². The number of hydrogen-bond acceptors (Lipinski definition) is 4. The molecule has 0 unspecified atom stereocenters. The predicted octanol–water partition coefficient (Wildman–Crippen LogP) is 4.96. The minimum atomic E-state index is -4.62. The number of ether oxygens (including phenoxy) is 1. The number of carboxylic acid groups (broad SMARTS) is 1. The van der Waals surface area contributed by atoms with Crippen molar-refractivity contribution in [2.45, 2.75) is 30.8 Å². The van der Waals surface area contributed by atoms with Crippen LogP contribution in [0.15, 0.2) is 41.3 Å². The van der Waals surface area contributed by atoms with Gasteiger partial charge < -0.3 is 9.84 Å². The Hall–Kier alpha value is -2.26. The van der Waals surface area contributed by atoms with E-state index in [4.69, 9.17) is 21.4 Å². The monoisotopic (exact) mass is 436 g/mol. The van der Waals surface area contributed by atoms with Gasteiger partial charge in [0.1, 0.15) is 11.5 Å². The number of aliphatic carboxylic acids is 1. The van der Waals surface area contributed by atoms with E-state index in [1.807, 2.05) is 0 Å². The van der Waals surface area contributed by atoms with E-state index in [0.29, 0.717) is 0 Å². The van der Waals surface area contributed by atoms with Gasteiger partial charge in [0.05, 0.1) is 21.2 Å². The van der Waals surface area contributed by atoms with Gasteiger partial charge in [-0.05, 0) is 42.3 Å². The van der Waals surface area contributed by atoms with E-state index in [0.717, 1.165) is 24.3 Å². The molecule has 5 nitrogen and oxygen atoms in total. The molecule has 0 aliphatic carbocycles. The molecule has 10 heteroatoms. The zero-order valence-electron chi connectivity index (χ0n) is 14.6. The summed E-state index contributed by atoms with van der Waals surface area (Å²) in [6.07, 6.45) is -4.97. The quantitative estimate of drug-likeness (QED) is 0.663. The third kappa shape index (κ3) is 5.39. The molecule has 0 radical (unpaired) electrons. The molecule has 0 fully saturated rings. The van der Waals surface area contributed by atoms with Crippen LogP contribution in [0.3, 0.4) is 0 Å². The molecule has 0 aliphatic rings. The van der Waals surface area contributed by atoms with Crippen molar-refractivity contribution in [1.29, 1.82) is 0 Å². The summed E-state index contributed by atoms with van der Waals surface area (Å²) in [7, 11) is -3.52. The smallest absolute Gasteiger partial charge is 0.416 e. The normalized spacial score (nSPS) is 12.0. The van der Waals surface area contributed by atoms with Crippen molar-refractivity contribution in [1.82, 2.24) is 0 Å². The highest BCUT2D eigenvalue weighted by Crippen LogP contribution is 2.37. The van der Waals surface area contributed by atoms with Gasteiger partial charge >= 0.3 is 12.1 Å². The molecular weight excluding hydrogens is 421 g/mol. The van der Waals surface area contributed by atoms with Crippen molar-refractivity contribution in [3.63, 3.8) is 0 Å². The number of rotatable bonds is 7. The third-order valence-electron chi connectivity index (χ3n) is 3.87. The van der Waals surface area contributed by atoms with Crippen LogP contribution in [0.25, 0.3) is 0 Å². The number of alkyl halides is 3. The van der Waals surface area contributed by atoms with Crippen LogP contribution < -0.4 is 4.74 Å². The average Bonchev–Trinajstić information content (AvgIpc) is 2.61. The minimum Gasteiger partial charge on any atom is -0.481 e. The second-order valence-corrected chi connectivity index (χ2v) is 8.50. The molecule has 28 heavy (non-hydrogen) atoms. The Morgan fingerprint density at radius 3 is 2.36 bits per heavy atom. The fourth-order valence-corrected chi connectivity index (χ4v) is 3.51. The second kappa shape index (κ2) is 8.40. The van der Waals surface area contributed by atoms with Crippen LogP contribution in [-0.4, -0.2) is 25.2 Å². The van der Waals surface area contributed by atoms with Crippen molar-refractivity contribution < 1.29 is 36.2 Å². The molecule has 0 saturated carbocycles. The number of carboxylic acids is 1. The number of carbonyl (C=O) groups is 1. The van der Waals surface area contributed by atoms with Crippen LogP contribution in [-0.2, 0) is 27.2 Å². The molecule has 0 bridgehead atoms. The van der Waals surface area contributed by atoms with Crippen LogP contribution in [0.2, 0.25) is 5.02 Å². The Bertz CT molecular complexity index is 987. The van der Waals surface area contributed by atoms with Gasteiger partial charge in [-0.2, -0.15) is 13.2 Å². The van der Waals surface area contributed by atoms with Crippen molar-refractivity contribution >= 4 is 27.4 Å². The predicted molar refractivity (Wildman–Crippen MR) is 96.7 cm³/mol. The van der Waals surface area contributed by atoms with Gasteiger partial charge in [-0.3, -0.25) is 4.79 Å². The Kier molecular flexibility index (Phi) is 6.61. The molecule has 0 atom stereocenters. The zero-order valence-corrected chi connectivity index (χ0v) is 16.2. The van der Waals surface area contributed by atoms with Crippen LogP contribution in [0.5, 0.6) is 11.5 Å². The van der Waals surface area contributed by atoms with Crippen molar-refractivity contribution in [3.05, 3.63) is 52.5 Å². The summed E-state index contributed by atoms with van der Waals surface area (Å²) < 4.78 is 68.3. The second-order valence-electron chi connectivity index (χ2n) is 5.81. The first-order chi connectivity index (χ1) is 12.9. The SMILES string of the molecule is CCS(=O)(=O)c1ccc(Oc2cc(C(F)(F)F)ccc2CCC(=O)O)c(Cl)c1. The van der Waals surface area contributed by atoms with Gasteiger partial charge in [0, 0.05) is 6.42 Å². The van der Waals surface area contributed by atoms with Gasteiger partial charge in [0.15, 0.2) is 9.84 Å². The topological polar surface area (TPSA) is 80.7 Å². The van der Waals surface area contributed by atoms with Crippen LogP contribution in [0.1, 0.15) is 24.5 Å². The van der Waals surface area contributed by atoms with Gasteiger partial charge in [-0.25, -0.2) is 8.42 Å². The molecule has 0 amide bonds. The molecule has 0 aromatic heterocycles. The highest BCUT2D eigenvalue weighted by molar-refractivity contribution is 7.91. The van der Waals surface area contributed by atoms with E-state index in [2.05, 4.69) is 0 Å². The largest absolute Gasteiger partial charge is 0.481 e. The van der Waals surface area contributed by atoms with E-state index in [1.54, 1.807) is 0 Å². The Labute approximate surface area is 164 Å². The average molecular weight is 437 g/mol. The Balaban J connectivity index is 2.44. The molecule has 2 aromatic rings. The summed E-state index contributed by atoms with van der Waals surface area (Å²) in [5, 5.41) is 8.71. The fourth-order valence-electron chi connectivity index (χ4n) is 2.32. The van der Waals surface area contributed by atoms with E-state index in [-0.39, 0.29) is 45.6 Å². The van der Waals surface area contributed by atoms with Crippen molar-refractivity contribution in [2.75, 3.05) is 5.75 Å². The lowest BCUT2D eigenvalue weighted by molar-refractivity contribution is -0.138. The maximum absolute atomic E-state index is 13.0.